The molecule has 2 nitrogen and oxygen atoms in total. The summed E-state index contributed by atoms with van der Waals surface area (Å²) in [5, 5.41) is 9.16. The fourth-order valence-corrected chi connectivity index (χ4v) is 1.56. The average molecular weight is 235 g/mol. The Labute approximate surface area is 97.7 Å². The summed E-state index contributed by atoms with van der Waals surface area (Å²) in [6, 6.07) is 9.51. The van der Waals surface area contributed by atoms with E-state index in [1.807, 2.05) is 0 Å². The normalized spacial score (nSPS) is 10.3. The first-order chi connectivity index (χ1) is 8.08. The molecule has 2 rings (SSSR count). The highest BCUT2D eigenvalue weighted by Gasteiger charge is 2.10. The van der Waals surface area contributed by atoms with Gasteiger partial charge in [0.2, 0.25) is 0 Å². The Balaban J connectivity index is 2.39. The summed E-state index contributed by atoms with van der Waals surface area (Å²) < 4.78 is 26.6. The second-order valence-electron chi connectivity index (χ2n) is 3.67. The summed E-state index contributed by atoms with van der Waals surface area (Å²) in [5.41, 5.74) is 0.808. The van der Waals surface area contributed by atoms with Gasteiger partial charge in [-0.15, -0.1) is 0 Å². The summed E-state index contributed by atoms with van der Waals surface area (Å²) >= 11 is 0. The lowest BCUT2D eigenvalue weighted by atomic mass is 10.2. The van der Waals surface area contributed by atoms with E-state index in [1.165, 1.54) is 17.0 Å². The summed E-state index contributed by atoms with van der Waals surface area (Å²) in [6.45, 7) is 0. The van der Waals surface area contributed by atoms with E-state index in [9.17, 15) is 8.78 Å². The molecule has 0 heterocycles. The molecule has 0 aliphatic rings. The van der Waals surface area contributed by atoms with Gasteiger partial charge in [0.15, 0.2) is 0 Å². The topological polar surface area (TPSA) is 23.5 Å². The Morgan fingerprint density at radius 2 is 1.65 bits per heavy atom. The van der Waals surface area contributed by atoms with Crippen molar-refractivity contribution in [1.82, 2.24) is 0 Å². The van der Waals surface area contributed by atoms with E-state index in [0.29, 0.717) is 5.69 Å². The van der Waals surface area contributed by atoms with Crippen molar-refractivity contribution in [2.45, 2.75) is 0 Å². The highest BCUT2D eigenvalue weighted by atomic mass is 19.1. The molecule has 0 saturated carbocycles. The molecule has 88 valence electrons. The quantitative estimate of drug-likeness (QED) is 0.861. The molecule has 2 aromatic carbocycles. The zero-order chi connectivity index (χ0) is 12.4. The molecule has 0 spiro atoms. The molecular formula is C13H11F2NO. The van der Waals surface area contributed by atoms with E-state index >= 15 is 0 Å². The number of anilines is 2. The number of rotatable bonds is 2. The minimum atomic E-state index is -0.498. The molecule has 1 N–H and O–H groups in total. The first-order valence-electron chi connectivity index (χ1n) is 5.06. The van der Waals surface area contributed by atoms with Crippen LogP contribution in [0.3, 0.4) is 0 Å². The Morgan fingerprint density at radius 1 is 1.00 bits per heavy atom. The van der Waals surface area contributed by atoms with E-state index in [-0.39, 0.29) is 11.4 Å². The van der Waals surface area contributed by atoms with Gasteiger partial charge in [-0.2, -0.15) is 0 Å². The van der Waals surface area contributed by atoms with Crippen molar-refractivity contribution in [1.29, 1.82) is 0 Å². The maximum atomic E-state index is 13.5. The Morgan fingerprint density at radius 3 is 2.29 bits per heavy atom. The van der Waals surface area contributed by atoms with Crippen LogP contribution in [-0.4, -0.2) is 12.2 Å². The van der Waals surface area contributed by atoms with Crippen LogP contribution >= 0.6 is 0 Å². The predicted molar refractivity (Wildman–Crippen MR) is 62.5 cm³/mol. The number of halogens is 2. The molecule has 0 amide bonds. The third-order valence-electron chi connectivity index (χ3n) is 2.51. The number of aromatic hydroxyl groups is 1. The van der Waals surface area contributed by atoms with Crippen LogP contribution in [0.4, 0.5) is 20.2 Å². The Kier molecular flexibility index (Phi) is 2.95. The minimum Gasteiger partial charge on any atom is -0.508 e. The number of phenolic OH excluding ortho intramolecular Hbond substituents is 1. The van der Waals surface area contributed by atoms with Gasteiger partial charge in [0, 0.05) is 18.8 Å². The summed E-state index contributed by atoms with van der Waals surface area (Å²) in [4.78, 5) is 1.51. The van der Waals surface area contributed by atoms with Crippen molar-refractivity contribution in [2.24, 2.45) is 0 Å². The highest BCUT2D eigenvalue weighted by Crippen LogP contribution is 2.27. The number of phenols is 1. The lowest BCUT2D eigenvalue weighted by Gasteiger charge is -2.20. The second kappa shape index (κ2) is 4.41. The molecule has 0 atom stereocenters. The molecule has 0 fully saturated rings. The fraction of sp³-hybridized carbons (Fsp3) is 0.0769. The van der Waals surface area contributed by atoms with Gasteiger partial charge in [0.05, 0.1) is 5.69 Å². The van der Waals surface area contributed by atoms with Crippen molar-refractivity contribution in [3.8, 4) is 5.75 Å². The molecule has 0 saturated heterocycles. The average Bonchev–Trinajstić information content (AvgIpc) is 2.32. The zero-order valence-corrected chi connectivity index (χ0v) is 9.19. The molecule has 0 radical (unpaired) electrons. The molecule has 0 aromatic heterocycles. The zero-order valence-electron chi connectivity index (χ0n) is 9.19. The predicted octanol–water partition coefficient (Wildman–Crippen LogP) is 3.44. The van der Waals surface area contributed by atoms with Crippen LogP contribution in [0.2, 0.25) is 0 Å². The lowest BCUT2D eigenvalue weighted by molar-refractivity contribution is 0.475. The molecule has 2 aromatic rings. The van der Waals surface area contributed by atoms with Crippen molar-refractivity contribution in [3.05, 3.63) is 54.1 Å². The van der Waals surface area contributed by atoms with Gasteiger partial charge in [0.25, 0.3) is 0 Å². The highest BCUT2D eigenvalue weighted by molar-refractivity contribution is 5.63. The maximum Gasteiger partial charge on any atom is 0.147 e. The first-order valence-corrected chi connectivity index (χ1v) is 5.06. The van der Waals surface area contributed by atoms with Gasteiger partial charge < -0.3 is 10.0 Å². The van der Waals surface area contributed by atoms with E-state index in [4.69, 9.17) is 5.11 Å². The maximum absolute atomic E-state index is 13.5. The van der Waals surface area contributed by atoms with E-state index in [2.05, 4.69) is 0 Å². The molecule has 0 unspecified atom stereocenters. The smallest absolute Gasteiger partial charge is 0.147 e. The van der Waals surface area contributed by atoms with Crippen LogP contribution in [0, 0.1) is 11.6 Å². The molecule has 4 heteroatoms. The van der Waals surface area contributed by atoms with E-state index in [1.54, 1.807) is 19.2 Å². The van der Waals surface area contributed by atoms with Gasteiger partial charge in [-0.25, -0.2) is 8.78 Å². The summed E-state index contributed by atoms with van der Waals surface area (Å²) in [5.74, 6) is -0.865. The molecule has 0 aliphatic heterocycles. The van der Waals surface area contributed by atoms with Crippen LogP contribution in [0.1, 0.15) is 0 Å². The standard InChI is InChI=1S/C13H11F2NO/c1-16(10-3-5-11(17)6-4-10)13-8-9(14)2-7-12(13)15/h2-8,17H,1H3. The minimum absolute atomic E-state index is 0.127. The Hall–Kier alpha value is -2.10. The largest absolute Gasteiger partial charge is 0.508 e. The third kappa shape index (κ3) is 2.36. The van der Waals surface area contributed by atoms with Gasteiger partial charge in [-0.05, 0) is 36.4 Å². The summed E-state index contributed by atoms with van der Waals surface area (Å²) in [6.07, 6.45) is 0. The first kappa shape index (κ1) is 11.4. The number of benzene rings is 2. The summed E-state index contributed by atoms with van der Waals surface area (Å²) in [7, 11) is 1.63. The van der Waals surface area contributed by atoms with Gasteiger partial charge in [-0.1, -0.05) is 0 Å². The fourth-order valence-electron chi connectivity index (χ4n) is 1.56. The van der Waals surface area contributed by atoms with Crippen molar-refractivity contribution < 1.29 is 13.9 Å². The molecule has 0 aliphatic carbocycles. The van der Waals surface area contributed by atoms with Gasteiger partial charge >= 0.3 is 0 Å². The Bertz CT molecular complexity index is 525. The number of hydrogen-bond acceptors (Lipinski definition) is 2. The van der Waals surface area contributed by atoms with Gasteiger partial charge in [0.1, 0.15) is 17.4 Å². The molecule has 17 heavy (non-hydrogen) atoms. The van der Waals surface area contributed by atoms with E-state index < -0.39 is 11.6 Å². The SMILES string of the molecule is CN(c1ccc(O)cc1)c1cc(F)ccc1F. The van der Waals surface area contributed by atoms with Crippen LogP contribution in [0.25, 0.3) is 0 Å². The van der Waals surface area contributed by atoms with Crippen LogP contribution < -0.4 is 4.90 Å². The molecule has 0 bridgehead atoms. The second-order valence-corrected chi connectivity index (χ2v) is 3.67. The van der Waals surface area contributed by atoms with Crippen molar-refractivity contribution in [2.75, 3.05) is 11.9 Å². The van der Waals surface area contributed by atoms with Crippen molar-refractivity contribution >= 4 is 11.4 Å². The third-order valence-corrected chi connectivity index (χ3v) is 2.51. The molecular weight excluding hydrogens is 224 g/mol. The van der Waals surface area contributed by atoms with Crippen LogP contribution in [-0.2, 0) is 0 Å². The van der Waals surface area contributed by atoms with E-state index in [0.717, 1.165) is 18.2 Å². The van der Waals surface area contributed by atoms with Gasteiger partial charge in [-0.3, -0.25) is 0 Å². The van der Waals surface area contributed by atoms with Crippen LogP contribution in [0.5, 0.6) is 5.75 Å². The van der Waals surface area contributed by atoms with Crippen molar-refractivity contribution in [3.63, 3.8) is 0 Å². The monoisotopic (exact) mass is 235 g/mol. The number of hydrogen-bond donors (Lipinski definition) is 1. The number of nitrogens with zero attached hydrogens (tertiary/aromatic N) is 1. The van der Waals surface area contributed by atoms with Crippen LogP contribution in [0.15, 0.2) is 42.5 Å². The lowest BCUT2D eigenvalue weighted by Crippen LogP contribution is -2.11.